The molecule has 0 radical (unpaired) electrons. The number of amides is 2. The van der Waals surface area contributed by atoms with Gasteiger partial charge in [0.05, 0.1) is 11.9 Å². The van der Waals surface area contributed by atoms with Gasteiger partial charge in [0.15, 0.2) is 17.5 Å². The van der Waals surface area contributed by atoms with Crippen molar-refractivity contribution >= 4 is 23.8 Å². The van der Waals surface area contributed by atoms with E-state index in [4.69, 9.17) is 9.47 Å². The van der Waals surface area contributed by atoms with E-state index in [-0.39, 0.29) is 34.2 Å². The summed E-state index contributed by atoms with van der Waals surface area (Å²) in [5.41, 5.74) is -0.829. The third-order valence-corrected chi connectivity index (χ3v) is 6.25. The van der Waals surface area contributed by atoms with E-state index >= 15 is 0 Å². The molecule has 0 saturated heterocycles. The smallest absolute Gasteiger partial charge is 0.427 e. The molecule has 0 fully saturated rings. The third kappa shape index (κ3) is 7.70. The van der Waals surface area contributed by atoms with Crippen LogP contribution in [-0.4, -0.2) is 63.9 Å². The Balaban J connectivity index is 1.46. The van der Waals surface area contributed by atoms with Crippen molar-refractivity contribution in [3.8, 4) is 22.6 Å². The Morgan fingerprint density at radius 3 is 2.11 bits per heavy atom. The van der Waals surface area contributed by atoms with Gasteiger partial charge in [-0.25, -0.2) is 28.5 Å². The van der Waals surface area contributed by atoms with Gasteiger partial charge in [-0.05, 0) is 77.4 Å². The molecule has 0 saturated carbocycles. The number of ether oxygens (including phenoxy) is 2. The summed E-state index contributed by atoms with van der Waals surface area (Å²) in [6.07, 6.45) is -1.41. The maximum atomic E-state index is 14.1. The van der Waals surface area contributed by atoms with Crippen LogP contribution in [0.4, 0.5) is 33.1 Å². The number of pyridine rings is 1. The van der Waals surface area contributed by atoms with Crippen molar-refractivity contribution in [3.05, 3.63) is 78.6 Å². The van der Waals surface area contributed by atoms with Crippen LogP contribution in [-0.2, 0) is 9.47 Å². The Labute approximate surface area is 266 Å². The molecule has 12 nitrogen and oxygen atoms in total. The van der Waals surface area contributed by atoms with Gasteiger partial charge in [0.1, 0.15) is 17.0 Å². The molecular weight excluding hydrogens is 624 g/mol. The van der Waals surface area contributed by atoms with Crippen molar-refractivity contribution in [2.45, 2.75) is 65.0 Å². The Morgan fingerprint density at radius 2 is 1.51 bits per heavy atom. The highest BCUT2D eigenvalue weighted by molar-refractivity contribution is 6.08. The van der Waals surface area contributed by atoms with Gasteiger partial charge in [-0.15, -0.1) is 10.00 Å². The SMILES string of the molecule is CC(C)(C)OC(=O)N(C(=O)OC(C)(C)C)c1nc2cc(-c3nccc(-c4cnn([C@H](c5ccc(F)cc5)C(F)(F)F)c4)n3)ccn2n1. The average Bonchev–Trinajstić information content (AvgIpc) is 3.59. The number of benzene rings is 1. The standard InChI is InChI=1S/C31H30F4N8O4/c1-29(2,3)46-27(44)43(28(45)47-30(4,5)6)26-39-23-15-19(12-14-41(23)40-26)25-36-13-11-22(38-25)20-16-37-42(17-20)24(31(33,34)35)18-7-9-21(32)10-8-18/h7-17,24H,1-6H3/t24-/m1/s1. The molecule has 4 heterocycles. The number of fused-ring (bicyclic) bond motifs is 1. The quantitative estimate of drug-likeness (QED) is 0.184. The van der Waals surface area contributed by atoms with Crippen LogP contribution < -0.4 is 4.90 Å². The summed E-state index contributed by atoms with van der Waals surface area (Å²) in [7, 11) is 0. The zero-order valence-corrected chi connectivity index (χ0v) is 26.2. The number of alkyl halides is 3. The minimum atomic E-state index is -4.72. The lowest BCUT2D eigenvalue weighted by Crippen LogP contribution is -2.44. The highest BCUT2D eigenvalue weighted by atomic mass is 19.4. The first-order valence-corrected chi connectivity index (χ1v) is 14.2. The van der Waals surface area contributed by atoms with Gasteiger partial charge < -0.3 is 9.47 Å². The van der Waals surface area contributed by atoms with E-state index in [0.29, 0.717) is 10.5 Å². The Bertz CT molecular complexity index is 1900. The summed E-state index contributed by atoms with van der Waals surface area (Å²) in [5, 5.41) is 8.18. The predicted molar refractivity (Wildman–Crippen MR) is 161 cm³/mol. The van der Waals surface area contributed by atoms with Crippen molar-refractivity contribution in [3.63, 3.8) is 0 Å². The lowest BCUT2D eigenvalue weighted by Gasteiger charge is -2.26. The van der Waals surface area contributed by atoms with Gasteiger partial charge in [-0.2, -0.15) is 23.3 Å². The highest BCUT2D eigenvalue weighted by Gasteiger charge is 2.43. The van der Waals surface area contributed by atoms with Crippen LogP contribution in [0.15, 0.2) is 67.3 Å². The maximum Gasteiger partial charge on any atom is 0.427 e. The molecule has 0 unspecified atom stereocenters. The second-order valence-corrected chi connectivity index (χ2v) is 12.4. The van der Waals surface area contributed by atoms with E-state index in [1.807, 2.05) is 0 Å². The number of anilines is 1. The maximum absolute atomic E-state index is 14.1. The van der Waals surface area contributed by atoms with E-state index in [9.17, 15) is 27.2 Å². The average molecular weight is 655 g/mol. The van der Waals surface area contributed by atoms with Crippen LogP contribution in [0.1, 0.15) is 53.1 Å². The summed E-state index contributed by atoms with van der Waals surface area (Å²) in [6.45, 7) is 9.84. The molecule has 246 valence electrons. The third-order valence-electron chi connectivity index (χ3n) is 6.25. The first-order valence-electron chi connectivity index (χ1n) is 14.2. The summed E-state index contributed by atoms with van der Waals surface area (Å²) >= 11 is 0. The largest absolute Gasteiger partial charge is 0.443 e. The highest BCUT2D eigenvalue weighted by Crippen LogP contribution is 2.36. The summed E-state index contributed by atoms with van der Waals surface area (Å²) in [5.74, 6) is -0.759. The summed E-state index contributed by atoms with van der Waals surface area (Å²) < 4.78 is 68.4. The number of carbonyl (C=O) groups excluding carboxylic acids is 2. The molecule has 1 aromatic carbocycles. The molecule has 16 heteroatoms. The van der Waals surface area contributed by atoms with Crippen LogP contribution >= 0.6 is 0 Å². The molecule has 0 aliphatic heterocycles. The molecule has 0 N–H and O–H groups in total. The predicted octanol–water partition coefficient (Wildman–Crippen LogP) is 7.02. The summed E-state index contributed by atoms with van der Waals surface area (Å²) in [4.78, 5) is 39.8. The number of carbonyl (C=O) groups is 2. The molecule has 0 spiro atoms. The van der Waals surface area contributed by atoms with Crippen molar-refractivity contribution in [2.24, 2.45) is 0 Å². The lowest BCUT2D eigenvalue weighted by molar-refractivity contribution is -0.159. The van der Waals surface area contributed by atoms with E-state index in [2.05, 4.69) is 25.1 Å². The molecule has 4 aromatic heterocycles. The fraction of sp³-hybridized carbons (Fsp3) is 0.323. The van der Waals surface area contributed by atoms with Gasteiger partial charge in [0.2, 0.25) is 0 Å². The van der Waals surface area contributed by atoms with Crippen LogP contribution in [0.3, 0.4) is 0 Å². The molecule has 2 amide bonds. The minimum absolute atomic E-state index is 0.185. The monoisotopic (exact) mass is 654 g/mol. The molecule has 5 aromatic rings. The first kappa shape index (κ1) is 33.0. The van der Waals surface area contributed by atoms with Crippen LogP contribution in [0.25, 0.3) is 28.3 Å². The first-order chi connectivity index (χ1) is 21.9. The van der Waals surface area contributed by atoms with Gasteiger partial charge in [-0.3, -0.25) is 4.68 Å². The van der Waals surface area contributed by atoms with Gasteiger partial charge in [0, 0.05) is 29.7 Å². The lowest BCUT2D eigenvalue weighted by atomic mass is 10.1. The molecular formula is C31H30F4N8O4. The fourth-order valence-electron chi connectivity index (χ4n) is 4.36. The normalized spacial score (nSPS) is 13.0. The number of rotatable bonds is 5. The van der Waals surface area contributed by atoms with Crippen molar-refractivity contribution in [1.29, 1.82) is 0 Å². The number of imide groups is 1. The second-order valence-electron chi connectivity index (χ2n) is 12.4. The number of hydrogen-bond donors (Lipinski definition) is 0. The Morgan fingerprint density at radius 1 is 0.872 bits per heavy atom. The van der Waals surface area contributed by atoms with E-state index in [0.717, 1.165) is 28.9 Å². The van der Waals surface area contributed by atoms with Crippen molar-refractivity contribution < 1.29 is 36.6 Å². The van der Waals surface area contributed by atoms with Gasteiger partial charge in [-0.1, -0.05) is 12.1 Å². The number of hydrogen-bond acceptors (Lipinski definition) is 9. The molecule has 1 atom stereocenters. The van der Waals surface area contributed by atoms with Crippen molar-refractivity contribution in [2.75, 3.05) is 4.90 Å². The minimum Gasteiger partial charge on any atom is -0.443 e. The fourth-order valence-corrected chi connectivity index (χ4v) is 4.36. The zero-order valence-electron chi connectivity index (χ0n) is 26.2. The molecule has 5 rings (SSSR count). The van der Waals surface area contributed by atoms with Crippen molar-refractivity contribution in [1.82, 2.24) is 34.3 Å². The van der Waals surface area contributed by atoms with E-state index in [1.165, 1.54) is 35.4 Å². The zero-order chi connectivity index (χ0) is 34.3. The molecule has 0 aliphatic rings. The van der Waals surface area contributed by atoms with Crippen LogP contribution in [0.2, 0.25) is 0 Å². The van der Waals surface area contributed by atoms with Crippen LogP contribution in [0.5, 0.6) is 0 Å². The number of halogens is 4. The second kappa shape index (κ2) is 12.1. The number of nitrogens with zero attached hydrogens (tertiary/aromatic N) is 8. The van der Waals surface area contributed by atoms with Crippen LogP contribution in [0, 0.1) is 5.82 Å². The number of aromatic nitrogens is 7. The Kier molecular flexibility index (Phi) is 8.47. The van der Waals surface area contributed by atoms with Gasteiger partial charge >= 0.3 is 18.4 Å². The van der Waals surface area contributed by atoms with E-state index in [1.54, 1.807) is 53.7 Å². The Hall–Kier alpha value is -5.41. The molecule has 0 aliphatic carbocycles. The molecule has 0 bridgehead atoms. The topological polar surface area (TPSA) is 130 Å². The van der Waals surface area contributed by atoms with Gasteiger partial charge in [0.25, 0.3) is 5.95 Å². The summed E-state index contributed by atoms with van der Waals surface area (Å²) in [6, 6.07) is 6.55. The van der Waals surface area contributed by atoms with E-state index < -0.39 is 41.4 Å². The molecule has 47 heavy (non-hydrogen) atoms.